The molecule has 11 nitrogen and oxygen atoms in total. The number of hydrogen-bond acceptors (Lipinski definition) is 8. The first-order chi connectivity index (χ1) is 17.9. The number of morpholine rings is 1. The summed E-state index contributed by atoms with van der Waals surface area (Å²) in [6.45, 7) is 3.78. The van der Waals surface area contributed by atoms with E-state index in [4.69, 9.17) is 9.47 Å². The van der Waals surface area contributed by atoms with Crippen LogP contribution in [0.3, 0.4) is 0 Å². The van der Waals surface area contributed by atoms with Crippen LogP contribution in [0.5, 0.6) is 5.75 Å². The Bertz CT molecular complexity index is 1240. The van der Waals surface area contributed by atoms with E-state index in [1.54, 1.807) is 30.3 Å². The van der Waals surface area contributed by atoms with Crippen molar-refractivity contribution in [1.29, 1.82) is 0 Å². The van der Waals surface area contributed by atoms with E-state index in [-0.39, 0.29) is 37.1 Å². The Labute approximate surface area is 213 Å². The topological polar surface area (TPSA) is 138 Å². The average molecular weight is 509 g/mol. The molecule has 3 aliphatic heterocycles. The summed E-state index contributed by atoms with van der Waals surface area (Å²) in [6.07, 6.45) is -0.206. The summed E-state index contributed by atoms with van der Waals surface area (Å²) in [5.74, 6) is -1.04. The predicted molar refractivity (Wildman–Crippen MR) is 130 cm³/mol. The maximum absolute atomic E-state index is 13.0. The van der Waals surface area contributed by atoms with Gasteiger partial charge in [0, 0.05) is 49.9 Å². The third-order valence-electron chi connectivity index (χ3n) is 6.70. The molecule has 11 heteroatoms. The molecule has 37 heavy (non-hydrogen) atoms. The average Bonchev–Trinajstić information content (AvgIpc) is 3.18. The van der Waals surface area contributed by atoms with Crippen LogP contribution in [0.15, 0.2) is 36.4 Å². The number of amides is 4. The fraction of sp³-hybridized carbons (Fsp3) is 0.385. The van der Waals surface area contributed by atoms with Crippen LogP contribution in [-0.4, -0.2) is 71.1 Å². The maximum atomic E-state index is 13.0. The second kappa shape index (κ2) is 10.6. The summed E-state index contributed by atoms with van der Waals surface area (Å²) in [5.41, 5.74) is 3.12. The van der Waals surface area contributed by atoms with Crippen LogP contribution in [-0.2, 0) is 38.8 Å². The highest BCUT2D eigenvalue weighted by molar-refractivity contribution is 6.05. The Balaban J connectivity index is 1.17. The van der Waals surface area contributed by atoms with Crippen molar-refractivity contribution in [2.24, 2.45) is 0 Å². The Morgan fingerprint density at radius 2 is 1.92 bits per heavy atom. The number of carbonyl (C=O) groups is 4. The number of phenols is 1. The number of nitrogens with zero attached hydrogens (tertiary/aromatic N) is 2. The molecule has 2 aromatic carbocycles. The molecule has 3 N–H and O–H groups in total. The molecule has 0 radical (unpaired) electrons. The van der Waals surface area contributed by atoms with E-state index in [0.29, 0.717) is 43.0 Å². The van der Waals surface area contributed by atoms with Crippen LogP contribution in [0, 0.1) is 0 Å². The molecule has 0 saturated carbocycles. The number of ether oxygens (including phenoxy) is 2. The van der Waals surface area contributed by atoms with Crippen molar-refractivity contribution in [1.82, 2.24) is 15.1 Å². The summed E-state index contributed by atoms with van der Waals surface area (Å²) in [6, 6.07) is 9.41. The Morgan fingerprint density at radius 3 is 2.70 bits per heavy atom. The van der Waals surface area contributed by atoms with E-state index >= 15 is 0 Å². The van der Waals surface area contributed by atoms with Crippen LogP contribution in [0.25, 0.3) is 0 Å². The largest absolute Gasteiger partial charge is 0.508 e. The molecule has 0 aliphatic carbocycles. The summed E-state index contributed by atoms with van der Waals surface area (Å²) >= 11 is 0. The molecule has 3 aliphatic rings. The van der Waals surface area contributed by atoms with Gasteiger partial charge >= 0.3 is 6.09 Å². The van der Waals surface area contributed by atoms with Gasteiger partial charge in [0.25, 0.3) is 5.91 Å². The lowest BCUT2D eigenvalue weighted by atomic mass is 10.0. The van der Waals surface area contributed by atoms with Crippen LogP contribution in [0.1, 0.15) is 39.9 Å². The SMILES string of the molecule is O=C1CCC(N2Cc3ccc(COC(=O)Nc4cc(O)cc(CN5CCOCC5)c4)cc3C2=O)C(=O)N1. The Kier molecular flexibility index (Phi) is 7.06. The first-order valence-corrected chi connectivity index (χ1v) is 12.2. The molecule has 0 aromatic heterocycles. The van der Waals surface area contributed by atoms with Gasteiger partial charge in [-0.15, -0.1) is 0 Å². The number of imide groups is 1. The zero-order valence-corrected chi connectivity index (χ0v) is 20.2. The van der Waals surface area contributed by atoms with Gasteiger partial charge in [0.15, 0.2) is 0 Å². The molecule has 5 rings (SSSR count). The molecule has 3 heterocycles. The molecule has 0 bridgehead atoms. The van der Waals surface area contributed by atoms with E-state index < -0.39 is 18.0 Å². The van der Waals surface area contributed by atoms with Gasteiger partial charge in [0.2, 0.25) is 11.8 Å². The fourth-order valence-electron chi connectivity index (χ4n) is 4.85. The van der Waals surface area contributed by atoms with E-state index in [2.05, 4.69) is 15.5 Å². The lowest BCUT2D eigenvalue weighted by Crippen LogP contribution is -2.52. The van der Waals surface area contributed by atoms with Crippen molar-refractivity contribution in [2.75, 3.05) is 31.6 Å². The van der Waals surface area contributed by atoms with Crippen molar-refractivity contribution >= 4 is 29.5 Å². The minimum atomic E-state index is -0.695. The normalized spacial score (nSPS) is 19.9. The number of anilines is 1. The molecule has 1 unspecified atom stereocenters. The zero-order chi connectivity index (χ0) is 25.9. The first kappa shape index (κ1) is 24.7. The molecular weight excluding hydrogens is 480 g/mol. The quantitative estimate of drug-likeness (QED) is 0.502. The second-order valence-electron chi connectivity index (χ2n) is 9.37. The summed E-state index contributed by atoms with van der Waals surface area (Å²) < 4.78 is 10.7. The Hall–Kier alpha value is -3.96. The summed E-state index contributed by atoms with van der Waals surface area (Å²) in [5, 5.41) is 15.0. The van der Waals surface area contributed by atoms with Crippen LogP contribution >= 0.6 is 0 Å². The monoisotopic (exact) mass is 508 g/mol. The molecule has 2 aromatic rings. The van der Waals surface area contributed by atoms with Gasteiger partial charge < -0.3 is 19.5 Å². The molecule has 194 valence electrons. The van der Waals surface area contributed by atoms with Gasteiger partial charge in [0.05, 0.1) is 13.2 Å². The fourth-order valence-corrected chi connectivity index (χ4v) is 4.85. The third-order valence-corrected chi connectivity index (χ3v) is 6.70. The number of benzene rings is 2. The van der Waals surface area contributed by atoms with E-state index in [1.807, 2.05) is 0 Å². The van der Waals surface area contributed by atoms with Crippen LogP contribution in [0.2, 0.25) is 0 Å². The van der Waals surface area contributed by atoms with Crippen molar-refractivity contribution < 1.29 is 33.8 Å². The molecule has 1 atom stereocenters. The van der Waals surface area contributed by atoms with Crippen LogP contribution in [0.4, 0.5) is 10.5 Å². The smallest absolute Gasteiger partial charge is 0.411 e. The minimum absolute atomic E-state index is 0.0405. The molecule has 0 spiro atoms. The highest BCUT2D eigenvalue weighted by Crippen LogP contribution is 2.28. The van der Waals surface area contributed by atoms with Gasteiger partial charge in [-0.25, -0.2) is 4.79 Å². The number of nitrogens with one attached hydrogen (secondary N) is 2. The number of hydrogen-bond donors (Lipinski definition) is 3. The number of carbonyl (C=O) groups excluding carboxylic acids is 4. The minimum Gasteiger partial charge on any atom is -0.508 e. The van der Waals surface area contributed by atoms with Gasteiger partial charge in [-0.3, -0.25) is 29.9 Å². The zero-order valence-electron chi connectivity index (χ0n) is 20.2. The van der Waals surface area contributed by atoms with E-state index in [9.17, 15) is 24.3 Å². The van der Waals surface area contributed by atoms with Gasteiger partial charge in [-0.2, -0.15) is 0 Å². The van der Waals surface area contributed by atoms with Gasteiger partial charge in [-0.05, 0) is 41.3 Å². The summed E-state index contributed by atoms with van der Waals surface area (Å²) in [7, 11) is 0. The number of fused-ring (bicyclic) bond motifs is 1. The standard InChI is InChI=1S/C26H28N4O7/c31-20-10-17(13-29-5-7-36-8-6-29)9-19(12-20)27-26(35)37-15-16-1-2-18-14-30(25(34)21(18)11-16)22-3-4-23(32)28-24(22)33/h1-2,9-12,22,31H,3-8,13-15H2,(H,27,35)(H,28,32,33). The van der Waals surface area contributed by atoms with Gasteiger partial charge in [-0.1, -0.05) is 12.1 Å². The lowest BCUT2D eigenvalue weighted by molar-refractivity contribution is -0.136. The van der Waals surface area contributed by atoms with E-state index in [1.165, 1.54) is 11.0 Å². The van der Waals surface area contributed by atoms with E-state index in [0.717, 1.165) is 24.2 Å². The van der Waals surface area contributed by atoms with Crippen molar-refractivity contribution in [3.8, 4) is 5.75 Å². The van der Waals surface area contributed by atoms with Crippen molar-refractivity contribution in [2.45, 2.75) is 38.6 Å². The highest BCUT2D eigenvalue weighted by Gasteiger charge is 2.39. The first-order valence-electron chi connectivity index (χ1n) is 12.2. The van der Waals surface area contributed by atoms with Crippen molar-refractivity contribution in [3.05, 3.63) is 58.7 Å². The maximum Gasteiger partial charge on any atom is 0.411 e. The number of phenolic OH excluding ortho intramolecular Hbond substituents is 1. The molecule has 4 amide bonds. The number of rotatable bonds is 6. The van der Waals surface area contributed by atoms with Crippen molar-refractivity contribution in [3.63, 3.8) is 0 Å². The second-order valence-corrected chi connectivity index (χ2v) is 9.37. The number of aromatic hydroxyl groups is 1. The third kappa shape index (κ3) is 5.73. The summed E-state index contributed by atoms with van der Waals surface area (Å²) in [4.78, 5) is 52.7. The predicted octanol–water partition coefficient (Wildman–Crippen LogP) is 1.73. The molecular formula is C26H28N4O7. The molecule has 2 fully saturated rings. The number of piperidine rings is 1. The van der Waals surface area contributed by atoms with Crippen LogP contribution < -0.4 is 10.6 Å². The van der Waals surface area contributed by atoms with Gasteiger partial charge in [0.1, 0.15) is 18.4 Å². The lowest BCUT2D eigenvalue weighted by Gasteiger charge is -2.29. The Morgan fingerprint density at radius 1 is 1.11 bits per heavy atom. The molecule has 2 saturated heterocycles. The highest BCUT2D eigenvalue weighted by atomic mass is 16.5.